The van der Waals surface area contributed by atoms with Crippen molar-refractivity contribution in [1.29, 1.82) is 0 Å². The Bertz CT molecular complexity index is 313. The molecule has 0 amide bonds. The summed E-state index contributed by atoms with van der Waals surface area (Å²) >= 11 is 1.60. The Balaban J connectivity index is 2.11. The van der Waals surface area contributed by atoms with E-state index in [4.69, 9.17) is 11.5 Å². The first kappa shape index (κ1) is 9.93. The summed E-state index contributed by atoms with van der Waals surface area (Å²) in [6, 6.07) is 0.405. The van der Waals surface area contributed by atoms with E-state index in [9.17, 15) is 0 Å². The van der Waals surface area contributed by atoms with Gasteiger partial charge in [-0.1, -0.05) is 0 Å². The lowest BCUT2D eigenvalue weighted by atomic mass is 9.84. The monoisotopic (exact) mass is 211 g/mol. The minimum atomic E-state index is 0.405. The molecule has 1 aromatic rings. The van der Waals surface area contributed by atoms with Crippen LogP contribution in [0.5, 0.6) is 0 Å². The van der Waals surface area contributed by atoms with Crippen molar-refractivity contribution in [2.24, 2.45) is 5.73 Å². The molecular weight excluding hydrogens is 194 g/mol. The number of hydrogen-bond acceptors (Lipinski definition) is 4. The molecule has 14 heavy (non-hydrogen) atoms. The quantitative estimate of drug-likeness (QED) is 0.747. The lowest BCUT2D eigenvalue weighted by molar-refractivity contribution is 0.391. The fourth-order valence-corrected chi connectivity index (χ4v) is 2.98. The second-order valence-electron chi connectivity index (χ2n) is 4.11. The van der Waals surface area contributed by atoms with Gasteiger partial charge in [0.05, 0.1) is 5.69 Å². The summed E-state index contributed by atoms with van der Waals surface area (Å²) in [4.78, 5) is 5.69. The number of hydrogen-bond donors (Lipinski definition) is 2. The van der Waals surface area contributed by atoms with Crippen LogP contribution in [0, 0.1) is 6.92 Å². The van der Waals surface area contributed by atoms with Crippen molar-refractivity contribution in [1.82, 2.24) is 4.98 Å². The summed E-state index contributed by atoms with van der Waals surface area (Å²) < 4.78 is 0. The van der Waals surface area contributed by atoms with Gasteiger partial charge in [0.2, 0.25) is 0 Å². The topological polar surface area (TPSA) is 64.9 Å². The molecule has 3 nitrogen and oxygen atoms in total. The Hall–Kier alpha value is -0.610. The van der Waals surface area contributed by atoms with Gasteiger partial charge in [-0.05, 0) is 32.6 Å². The van der Waals surface area contributed by atoms with Crippen LogP contribution in [-0.2, 0) is 0 Å². The molecule has 0 spiro atoms. The zero-order chi connectivity index (χ0) is 10.1. The molecule has 0 saturated heterocycles. The van der Waals surface area contributed by atoms with Gasteiger partial charge in [0.1, 0.15) is 0 Å². The molecule has 4 heteroatoms. The fourth-order valence-electron chi connectivity index (χ4n) is 2.20. The van der Waals surface area contributed by atoms with Gasteiger partial charge in [-0.25, -0.2) is 4.98 Å². The fraction of sp³-hybridized carbons (Fsp3) is 0.700. The van der Waals surface area contributed by atoms with Crippen LogP contribution in [0.25, 0.3) is 0 Å². The molecule has 1 aliphatic carbocycles. The number of rotatable bonds is 1. The normalized spacial score (nSPS) is 27.9. The molecule has 0 unspecified atom stereocenters. The van der Waals surface area contributed by atoms with E-state index in [1.807, 2.05) is 0 Å². The third kappa shape index (κ3) is 1.91. The van der Waals surface area contributed by atoms with Crippen molar-refractivity contribution in [2.75, 3.05) is 5.73 Å². The van der Waals surface area contributed by atoms with Crippen LogP contribution < -0.4 is 11.5 Å². The lowest BCUT2D eigenvalue weighted by Gasteiger charge is -2.25. The first-order chi connectivity index (χ1) is 6.66. The third-order valence-electron chi connectivity index (χ3n) is 3.01. The zero-order valence-electron chi connectivity index (χ0n) is 8.49. The van der Waals surface area contributed by atoms with Crippen LogP contribution in [0.4, 0.5) is 5.13 Å². The van der Waals surface area contributed by atoms with E-state index in [1.165, 1.54) is 23.4 Å². The first-order valence-corrected chi connectivity index (χ1v) is 5.97. The maximum atomic E-state index is 5.88. The van der Waals surface area contributed by atoms with Crippen LogP contribution in [0.3, 0.4) is 0 Å². The number of aromatic nitrogens is 1. The molecule has 0 atom stereocenters. The molecule has 1 aliphatic rings. The molecule has 0 aromatic carbocycles. The van der Waals surface area contributed by atoms with E-state index < -0.39 is 0 Å². The first-order valence-electron chi connectivity index (χ1n) is 5.15. The van der Waals surface area contributed by atoms with Gasteiger partial charge in [-0.2, -0.15) is 0 Å². The van der Waals surface area contributed by atoms with Crippen LogP contribution in [0.1, 0.15) is 42.2 Å². The van der Waals surface area contributed by atoms with Crippen molar-refractivity contribution >= 4 is 16.5 Å². The lowest BCUT2D eigenvalue weighted by Crippen LogP contribution is -2.26. The minimum Gasteiger partial charge on any atom is -0.375 e. The van der Waals surface area contributed by atoms with Crippen molar-refractivity contribution in [3.63, 3.8) is 0 Å². The molecule has 4 N–H and O–H groups in total. The average Bonchev–Trinajstić information content (AvgIpc) is 2.47. The molecule has 78 valence electrons. The Labute approximate surface area is 88.5 Å². The molecule has 2 rings (SSSR count). The van der Waals surface area contributed by atoms with Gasteiger partial charge in [0, 0.05) is 16.8 Å². The Morgan fingerprint density at radius 1 is 1.29 bits per heavy atom. The second-order valence-corrected chi connectivity index (χ2v) is 5.34. The molecule has 0 radical (unpaired) electrons. The van der Waals surface area contributed by atoms with E-state index in [-0.39, 0.29) is 0 Å². The highest BCUT2D eigenvalue weighted by Gasteiger charge is 2.23. The maximum Gasteiger partial charge on any atom is 0.180 e. The molecule has 0 aliphatic heterocycles. The van der Waals surface area contributed by atoms with E-state index >= 15 is 0 Å². The van der Waals surface area contributed by atoms with Gasteiger partial charge >= 0.3 is 0 Å². The van der Waals surface area contributed by atoms with Gasteiger partial charge in [0.25, 0.3) is 0 Å². The second kappa shape index (κ2) is 3.87. The number of nitrogens with zero attached hydrogens (tertiary/aromatic N) is 1. The number of nitrogen functional groups attached to an aromatic ring is 1. The van der Waals surface area contributed by atoms with Crippen molar-refractivity contribution in [3.8, 4) is 0 Å². The van der Waals surface area contributed by atoms with Crippen molar-refractivity contribution < 1.29 is 0 Å². The predicted molar refractivity (Wildman–Crippen MR) is 60.4 cm³/mol. The average molecular weight is 211 g/mol. The maximum absolute atomic E-state index is 5.88. The molecule has 1 aromatic heterocycles. The number of thiazole rings is 1. The zero-order valence-corrected chi connectivity index (χ0v) is 9.31. The Kier molecular flexibility index (Phi) is 2.74. The van der Waals surface area contributed by atoms with Gasteiger partial charge in [-0.15, -0.1) is 11.3 Å². The summed E-state index contributed by atoms with van der Waals surface area (Å²) in [5.41, 5.74) is 12.8. The van der Waals surface area contributed by atoms with E-state index in [2.05, 4.69) is 11.9 Å². The van der Waals surface area contributed by atoms with Crippen molar-refractivity contribution in [2.45, 2.75) is 44.6 Å². The van der Waals surface area contributed by atoms with Crippen LogP contribution in [-0.4, -0.2) is 11.0 Å². The standard InChI is InChI=1S/C10H17N3S/c1-6-9(13-10(12)14-6)7-2-4-8(11)5-3-7/h7-8H,2-5,11H2,1H3,(H2,12,13). The highest BCUT2D eigenvalue weighted by molar-refractivity contribution is 7.15. The summed E-state index contributed by atoms with van der Waals surface area (Å²) in [7, 11) is 0. The van der Waals surface area contributed by atoms with Crippen LogP contribution in [0.2, 0.25) is 0 Å². The summed E-state index contributed by atoms with van der Waals surface area (Å²) in [5.74, 6) is 0.600. The van der Waals surface area contributed by atoms with E-state index in [0.29, 0.717) is 17.1 Å². The summed E-state index contributed by atoms with van der Waals surface area (Å²) in [6.45, 7) is 2.11. The smallest absolute Gasteiger partial charge is 0.180 e. The highest BCUT2D eigenvalue weighted by Crippen LogP contribution is 2.35. The Morgan fingerprint density at radius 3 is 2.43 bits per heavy atom. The summed E-state index contributed by atoms with van der Waals surface area (Å²) in [5, 5.41) is 0.701. The summed E-state index contributed by atoms with van der Waals surface area (Å²) in [6.07, 6.45) is 4.60. The molecule has 1 heterocycles. The largest absolute Gasteiger partial charge is 0.375 e. The third-order valence-corrected chi connectivity index (χ3v) is 3.82. The van der Waals surface area contributed by atoms with Crippen molar-refractivity contribution in [3.05, 3.63) is 10.6 Å². The number of anilines is 1. The number of aryl methyl sites for hydroxylation is 1. The molecule has 0 bridgehead atoms. The van der Waals surface area contributed by atoms with Crippen LogP contribution in [0.15, 0.2) is 0 Å². The van der Waals surface area contributed by atoms with E-state index in [0.717, 1.165) is 12.8 Å². The predicted octanol–water partition coefficient (Wildman–Crippen LogP) is 2.02. The molecular formula is C10H17N3S. The van der Waals surface area contributed by atoms with Gasteiger partial charge in [-0.3, -0.25) is 0 Å². The van der Waals surface area contributed by atoms with Crippen LogP contribution >= 0.6 is 11.3 Å². The highest BCUT2D eigenvalue weighted by atomic mass is 32.1. The minimum absolute atomic E-state index is 0.405. The molecule has 1 saturated carbocycles. The SMILES string of the molecule is Cc1sc(N)nc1C1CCC(N)CC1. The Morgan fingerprint density at radius 2 is 1.93 bits per heavy atom. The van der Waals surface area contributed by atoms with E-state index in [1.54, 1.807) is 11.3 Å². The number of nitrogens with two attached hydrogens (primary N) is 2. The van der Waals surface area contributed by atoms with Gasteiger partial charge < -0.3 is 11.5 Å². The van der Waals surface area contributed by atoms with Gasteiger partial charge in [0.15, 0.2) is 5.13 Å². The molecule has 1 fully saturated rings.